The fraction of sp³-hybridized carbons (Fsp3) is 0. The Morgan fingerprint density at radius 1 is 0.297 bits per heavy atom. The fourth-order valence-corrected chi connectivity index (χ4v) is 9.98. The van der Waals surface area contributed by atoms with Crippen LogP contribution in [0.1, 0.15) is 0 Å². The van der Waals surface area contributed by atoms with Crippen molar-refractivity contribution < 1.29 is 8.83 Å². The van der Waals surface area contributed by atoms with Crippen LogP contribution >= 0.6 is 0 Å². The highest BCUT2D eigenvalue weighted by Crippen LogP contribution is 2.41. The summed E-state index contributed by atoms with van der Waals surface area (Å²) < 4.78 is 17.9. The van der Waals surface area contributed by atoms with Crippen molar-refractivity contribution in [1.29, 1.82) is 0 Å². The Morgan fingerprint density at radius 3 is 1.06 bits per heavy atom. The van der Waals surface area contributed by atoms with Gasteiger partial charge >= 0.3 is 0 Å². The van der Waals surface area contributed by atoms with Gasteiger partial charge in [-0.05, 0) is 66.7 Å². The first-order valence-electron chi connectivity index (χ1n) is 21.4. The van der Waals surface area contributed by atoms with Crippen molar-refractivity contribution in [3.63, 3.8) is 0 Å². The lowest BCUT2D eigenvalue weighted by molar-refractivity contribution is 0.669. The fourth-order valence-electron chi connectivity index (χ4n) is 9.98. The van der Waals surface area contributed by atoms with Gasteiger partial charge in [-0.1, -0.05) is 133 Å². The molecule has 0 unspecified atom stereocenters. The highest BCUT2D eigenvalue weighted by Gasteiger charge is 2.23. The van der Waals surface area contributed by atoms with Crippen molar-refractivity contribution in [1.82, 2.24) is 24.1 Å². The molecule has 0 aliphatic heterocycles. The van der Waals surface area contributed by atoms with Gasteiger partial charge in [0.1, 0.15) is 22.3 Å². The first kappa shape index (κ1) is 34.9. The smallest absolute Gasteiger partial charge is 0.167 e. The van der Waals surface area contributed by atoms with Crippen LogP contribution in [0, 0.1) is 0 Å². The van der Waals surface area contributed by atoms with Crippen molar-refractivity contribution in [3.05, 3.63) is 200 Å². The standard InChI is InChI=1S/C57H33N5O2/c1-7-25-47-37(15-1)38-16-2-8-26-48(38)61(47)35-31-34(32-36(33-35)62-49-27-9-3-17-39(49)40-18-4-10-28-50(40)62)55-58-56(45-23-13-21-43-41-19-5-11-29-51(41)63-53(43)45)60-57(59-55)46-24-14-22-44-42-20-6-12-30-52(42)64-54(44)46/h1-33H. The zero-order valence-corrected chi connectivity index (χ0v) is 34.1. The van der Waals surface area contributed by atoms with Crippen LogP contribution in [-0.4, -0.2) is 24.1 Å². The third kappa shape index (κ3) is 5.06. The molecule has 7 nitrogen and oxygen atoms in total. The average molecular weight is 820 g/mol. The Bertz CT molecular complexity index is 3850. The van der Waals surface area contributed by atoms with Crippen molar-refractivity contribution in [2.45, 2.75) is 0 Å². The first-order valence-corrected chi connectivity index (χ1v) is 21.4. The lowest BCUT2D eigenvalue weighted by atomic mass is 10.1. The summed E-state index contributed by atoms with van der Waals surface area (Å²) in [5.74, 6) is 1.52. The molecule has 0 spiro atoms. The molecule has 14 rings (SSSR count). The highest BCUT2D eigenvalue weighted by molar-refractivity contribution is 6.12. The zero-order chi connectivity index (χ0) is 41.9. The first-order chi connectivity index (χ1) is 31.7. The van der Waals surface area contributed by atoms with Crippen LogP contribution < -0.4 is 0 Å². The molecule has 14 aromatic rings. The van der Waals surface area contributed by atoms with Crippen LogP contribution in [0.5, 0.6) is 0 Å². The minimum Gasteiger partial charge on any atom is -0.455 e. The van der Waals surface area contributed by atoms with E-state index in [-0.39, 0.29) is 0 Å². The Hall–Kier alpha value is -8.81. The predicted octanol–water partition coefficient (Wildman–Crippen LogP) is 14.9. The van der Waals surface area contributed by atoms with Crippen molar-refractivity contribution >= 4 is 87.5 Å². The van der Waals surface area contributed by atoms with E-state index in [1.54, 1.807) is 0 Å². The molecule has 0 bridgehead atoms. The van der Waals surface area contributed by atoms with E-state index in [9.17, 15) is 0 Å². The van der Waals surface area contributed by atoms with E-state index in [0.29, 0.717) is 17.5 Å². The quantitative estimate of drug-likeness (QED) is 0.173. The lowest BCUT2D eigenvalue weighted by Crippen LogP contribution is -2.03. The van der Waals surface area contributed by atoms with Gasteiger partial charge in [-0.25, -0.2) is 15.0 Å². The van der Waals surface area contributed by atoms with Gasteiger partial charge in [0.25, 0.3) is 0 Å². The summed E-state index contributed by atoms with van der Waals surface area (Å²) in [6, 6.07) is 69.8. The van der Waals surface area contributed by atoms with E-state index in [1.165, 1.54) is 21.5 Å². The topological polar surface area (TPSA) is 74.8 Å². The number of benzene rings is 9. The molecule has 0 amide bonds. The average Bonchev–Trinajstić information content (AvgIpc) is 4.12. The molecule has 5 aromatic heterocycles. The SMILES string of the molecule is c1ccc2c(c1)oc1c(-c3nc(-c4cc(-n5c6ccccc6c6ccccc65)cc(-n5c6ccccc6c6ccccc65)c4)nc(-c4cccc5c4oc4ccccc45)n3)cccc12. The van der Waals surface area contributed by atoms with Gasteiger partial charge < -0.3 is 18.0 Å². The van der Waals surface area contributed by atoms with E-state index in [1.807, 2.05) is 60.7 Å². The molecule has 0 N–H and O–H groups in total. The molecule has 0 fully saturated rings. The van der Waals surface area contributed by atoms with Crippen LogP contribution in [0.15, 0.2) is 209 Å². The summed E-state index contributed by atoms with van der Waals surface area (Å²) >= 11 is 0. The van der Waals surface area contributed by atoms with E-state index in [0.717, 1.165) is 94.0 Å². The number of nitrogens with zero attached hydrogens (tertiary/aromatic N) is 5. The Balaban J connectivity index is 1.10. The molecular weight excluding hydrogens is 787 g/mol. The molecular formula is C57H33N5O2. The summed E-state index contributed by atoms with van der Waals surface area (Å²) in [7, 11) is 0. The Kier molecular flexibility index (Phi) is 7.27. The van der Waals surface area contributed by atoms with Crippen molar-refractivity contribution in [2.24, 2.45) is 0 Å². The summed E-state index contributed by atoms with van der Waals surface area (Å²) in [6.45, 7) is 0. The van der Waals surface area contributed by atoms with Crippen LogP contribution in [0.25, 0.3) is 133 Å². The van der Waals surface area contributed by atoms with Crippen molar-refractivity contribution in [2.75, 3.05) is 0 Å². The summed E-state index contributed by atoms with van der Waals surface area (Å²) in [6.07, 6.45) is 0. The number of hydrogen-bond donors (Lipinski definition) is 0. The zero-order valence-electron chi connectivity index (χ0n) is 34.1. The second-order valence-corrected chi connectivity index (χ2v) is 16.3. The van der Waals surface area contributed by atoms with Crippen LogP contribution in [-0.2, 0) is 0 Å². The number of rotatable bonds is 5. The number of fused-ring (bicyclic) bond motifs is 12. The van der Waals surface area contributed by atoms with Gasteiger partial charge in [0.15, 0.2) is 17.5 Å². The number of aromatic nitrogens is 5. The second-order valence-electron chi connectivity index (χ2n) is 16.3. The van der Waals surface area contributed by atoms with E-state index in [4.69, 9.17) is 23.8 Å². The minimum absolute atomic E-state index is 0.499. The molecule has 298 valence electrons. The van der Waals surface area contributed by atoms with Gasteiger partial charge in [0, 0.05) is 60.0 Å². The minimum atomic E-state index is 0.499. The molecule has 9 aromatic carbocycles. The van der Waals surface area contributed by atoms with Gasteiger partial charge in [-0.2, -0.15) is 0 Å². The summed E-state index contributed by atoms with van der Waals surface area (Å²) in [4.78, 5) is 16.1. The van der Waals surface area contributed by atoms with Gasteiger partial charge in [-0.15, -0.1) is 0 Å². The van der Waals surface area contributed by atoms with E-state index >= 15 is 0 Å². The summed E-state index contributed by atoms with van der Waals surface area (Å²) in [5.41, 5.74) is 11.8. The number of furan rings is 2. The van der Waals surface area contributed by atoms with E-state index < -0.39 is 0 Å². The maximum absolute atomic E-state index is 6.61. The van der Waals surface area contributed by atoms with Crippen molar-refractivity contribution in [3.8, 4) is 45.5 Å². The monoisotopic (exact) mass is 819 g/mol. The molecule has 0 atom stereocenters. The maximum atomic E-state index is 6.61. The van der Waals surface area contributed by atoms with Crippen LogP contribution in [0.2, 0.25) is 0 Å². The summed E-state index contributed by atoms with van der Waals surface area (Å²) in [5, 5.41) is 8.81. The van der Waals surface area contributed by atoms with Gasteiger partial charge in [-0.3, -0.25) is 0 Å². The van der Waals surface area contributed by atoms with Gasteiger partial charge in [0.2, 0.25) is 0 Å². The van der Waals surface area contributed by atoms with E-state index in [2.05, 4.69) is 149 Å². The Morgan fingerprint density at radius 2 is 0.641 bits per heavy atom. The number of hydrogen-bond acceptors (Lipinski definition) is 5. The predicted molar refractivity (Wildman–Crippen MR) is 259 cm³/mol. The molecule has 0 aliphatic carbocycles. The van der Waals surface area contributed by atoms with Gasteiger partial charge in [0.05, 0.1) is 33.2 Å². The molecule has 0 aliphatic rings. The second kappa shape index (κ2) is 13.3. The lowest BCUT2D eigenvalue weighted by Gasteiger charge is -2.16. The molecule has 0 radical (unpaired) electrons. The normalized spacial score (nSPS) is 12.1. The largest absolute Gasteiger partial charge is 0.455 e. The highest BCUT2D eigenvalue weighted by atomic mass is 16.3. The molecule has 7 heteroatoms. The maximum Gasteiger partial charge on any atom is 0.167 e. The Labute approximate surface area is 364 Å². The molecule has 64 heavy (non-hydrogen) atoms. The third-order valence-corrected chi connectivity index (χ3v) is 12.8. The van der Waals surface area contributed by atoms with Crippen LogP contribution in [0.4, 0.5) is 0 Å². The van der Waals surface area contributed by atoms with Crippen LogP contribution in [0.3, 0.4) is 0 Å². The molecule has 0 saturated heterocycles. The molecule has 5 heterocycles. The molecule has 0 saturated carbocycles. The third-order valence-electron chi connectivity index (χ3n) is 12.8. The number of para-hydroxylation sites is 8.